The molecule has 0 aromatic heterocycles. The topological polar surface area (TPSA) is 87.1 Å². The molecule has 1 saturated heterocycles. The summed E-state index contributed by atoms with van der Waals surface area (Å²) in [6.07, 6.45) is -0.821. The summed E-state index contributed by atoms with van der Waals surface area (Å²) in [6.45, 7) is 5.85. The quantitative estimate of drug-likeness (QED) is 0.446. The van der Waals surface area contributed by atoms with Crippen molar-refractivity contribution >= 4 is 17.4 Å². The molecule has 0 unspecified atom stereocenters. The number of β-amino-alcohol motifs (C(OH)–C–C–N with tert-alkyl or cyclic N) is 1. The second kappa shape index (κ2) is 8.49. The molecule has 2 atom stereocenters. The van der Waals surface area contributed by atoms with Crippen molar-refractivity contribution in [1.82, 2.24) is 4.90 Å². The summed E-state index contributed by atoms with van der Waals surface area (Å²) in [7, 11) is 0. The van der Waals surface area contributed by atoms with Gasteiger partial charge in [-0.1, -0.05) is 42.0 Å². The zero-order valence-corrected chi connectivity index (χ0v) is 16.8. The number of rotatable bonds is 6. The molecule has 29 heavy (non-hydrogen) atoms. The average molecular weight is 395 g/mol. The number of aliphatic hydroxyl groups is 2. The normalized spacial score (nSPS) is 19.4. The SMILES string of the molecule is CCOc1ccc([C@H]2C(=C(O)c3ccc(C)cc3)C(=O)C(=O)N2C[C@@H](C)O)cc1. The van der Waals surface area contributed by atoms with Gasteiger partial charge in [-0.05, 0) is 38.5 Å². The maximum absolute atomic E-state index is 12.8. The fraction of sp³-hybridized carbons (Fsp3) is 0.304. The minimum atomic E-state index is -0.821. The van der Waals surface area contributed by atoms with E-state index in [2.05, 4.69) is 0 Å². The van der Waals surface area contributed by atoms with E-state index < -0.39 is 23.8 Å². The van der Waals surface area contributed by atoms with E-state index >= 15 is 0 Å². The minimum Gasteiger partial charge on any atom is -0.507 e. The van der Waals surface area contributed by atoms with Crippen LogP contribution in [0.3, 0.4) is 0 Å². The Hall–Kier alpha value is -3.12. The Morgan fingerprint density at radius 1 is 1.10 bits per heavy atom. The molecule has 0 radical (unpaired) electrons. The van der Waals surface area contributed by atoms with Gasteiger partial charge in [0, 0.05) is 12.1 Å². The minimum absolute atomic E-state index is 0.0173. The van der Waals surface area contributed by atoms with Crippen molar-refractivity contribution in [3.8, 4) is 5.75 Å². The molecule has 0 spiro atoms. The summed E-state index contributed by atoms with van der Waals surface area (Å²) in [5.74, 6) is -1.06. The van der Waals surface area contributed by atoms with Gasteiger partial charge in [0.25, 0.3) is 11.7 Å². The fourth-order valence-corrected chi connectivity index (χ4v) is 3.48. The van der Waals surface area contributed by atoms with Crippen LogP contribution in [-0.4, -0.2) is 46.1 Å². The van der Waals surface area contributed by atoms with E-state index in [0.717, 1.165) is 5.56 Å². The van der Waals surface area contributed by atoms with Crippen LogP contribution in [0.15, 0.2) is 54.1 Å². The van der Waals surface area contributed by atoms with Crippen molar-refractivity contribution in [3.63, 3.8) is 0 Å². The van der Waals surface area contributed by atoms with Crippen LogP contribution in [0.2, 0.25) is 0 Å². The number of carbonyl (C=O) groups is 2. The molecule has 1 fully saturated rings. The standard InChI is InChI=1S/C23H25NO5/c1-4-29-18-11-9-16(10-12-18)20-19(21(26)17-7-5-14(2)6-8-17)22(27)23(28)24(20)13-15(3)25/h5-12,15,20,25-26H,4,13H2,1-3H3/t15-,20+/m1/s1. The van der Waals surface area contributed by atoms with E-state index in [0.29, 0.717) is 23.5 Å². The lowest BCUT2D eigenvalue weighted by molar-refractivity contribution is -0.140. The lowest BCUT2D eigenvalue weighted by atomic mass is 9.95. The van der Waals surface area contributed by atoms with Crippen LogP contribution in [0, 0.1) is 6.92 Å². The van der Waals surface area contributed by atoms with Crippen molar-refractivity contribution in [3.05, 3.63) is 70.8 Å². The van der Waals surface area contributed by atoms with E-state index in [1.165, 1.54) is 4.90 Å². The number of aryl methyl sites for hydroxylation is 1. The molecule has 1 aliphatic rings. The molecule has 0 bridgehead atoms. The van der Waals surface area contributed by atoms with Crippen molar-refractivity contribution in [1.29, 1.82) is 0 Å². The highest BCUT2D eigenvalue weighted by Crippen LogP contribution is 2.39. The highest BCUT2D eigenvalue weighted by Gasteiger charge is 2.46. The maximum atomic E-state index is 12.8. The lowest BCUT2D eigenvalue weighted by Gasteiger charge is -2.26. The van der Waals surface area contributed by atoms with Gasteiger partial charge in [0.2, 0.25) is 0 Å². The second-order valence-electron chi connectivity index (χ2n) is 7.17. The van der Waals surface area contributed by atoms with Crippen molar-refractivity contribution in [2.45, 2.75) is 32.9 Å². The number of benzene rings is 2. The number of nitrogens with zero attached hydrogens (tertiary/aromatic N) is 1. The summed E-state index contributed by atoms with van der Waals surface area (Å²) in [5, 5.41) is 20.8. The summed E-state index contributed by atoms with van der Waals surface area (Å²) in [4.78, 5) is 26.8. The highest BCUT2D eigenvalue weighted by atomic mass is 16.5. The third kappa shape index (κ3) is 4.17. The first-order valence-electron chi connectivity index (χ1n) is 9.59. The average Bonchev–Trinajstić information content (AvgIpc) is 2.93. The molecular formula is C23H25NO5. The second-order valence-corrected chi connectivity index (χ2v) is 7.17. The summed E-state index contributed by atoms with van der Waals surface area (Å²) < 4.78 is 5.46. The zero-order chi connectivity index (χ0) is 21.1. The van der Waals surface area contributed by atoms with E-state index in [1.54, 1.807) is 43.3 Å². The Morgan fingerprint density at radius 2 is 1.72 bits per heavy atom. The van der Waals surface area contributed by atoms with E-state index in [4.69, 9.17) is 4.74 Å². The summed E-state index contributed by atoms with van der Waals surface area (Å²) in [5.41, 5.74) is 2.14. The summed E-state index contributed by atoms with van der Waals surface area (Å²) >= 11 is 0. The fourth-order valence-electron chi connectivity index (χ4n) is 3.48. The van der Waals surface area contributed by atoms with Crippen molar-refractivity contribution in [2.75, 3.05) is 13.2 Å². The predicted octanol–water partition coefficient (Wildman–Crippen LogP) is 3.20. The first-order chi connectivity index (χ1) is 13.8. The smallest absolute Gasteiger partial charge is 0.295 e. The van der Waals surface area contributed by atoms with E-state index in [1.807, 2.05) is 26.0 Å². The van der Waals surface area contributed by atoms with Crippen LogP contribution in [0.25, 0.3) is 5.76 Å². The molecule has 2 aromatic carbocycles. The van der Waals surface area contributed by atoms with Gasteiger partial charge in [-0.25, -0.2) is 0 Å². The third-order valence-electron chi connectivity index (χ3n) is 4.83. The molecular weight excluding hydrogens is 370 g/mol. The van der Waals surface area contributed by atoms with Gasteiger partial charge in [-0.15, -0.1) is 0 Å². The number of ether oxygens (including phenoxy) is 1. The van der Waals surface area contributed by atoms with Crippen LogP contribution >= 0.6 is 0 Å². The van der Waals surface area contributed by atoms with Crippen LogP contribution in [0.5, 0.6) is 5.75 Å². The molecule has 2 aromatic rings. The van der Waals surface area contributed by atoms with Gasteiger partial charge in [-0.2, -0.15) is 0 Å². The number of likely N-dealkylation sites (tertiary alicyclic amines) is 1. The van der Waals surface area contributed by atoms with Gasteiger partial charge < -0.3 is 19.8 Å². The molecule has 1 heterocycles. The summed E-state index contributed by atoms with van der Waals surface area (Å²) in [6, 6.07) is 13.3. The molecule has 0 aliphatic carbocycles. The molecule has 2 N–H and O–H groups in total. The van der Waals surface area contributed by atoms with E-state index in [9.17, 15) is 19.8 Å². The molecule has 0 saturated carbocycles. The molecule has 6 nitrogen and oxygen atoms in total. The number of carbonyl (C=O) groups excluding carboxylic acids is 2. The van der Waals surface area contributed by atoms with Crippen LogP contribution in [-0.2, 0) is 9.59 Å². The zero-order valence-electron chi connectivity index (χ0n) is 16.8. The Kier molecular flexibility index (Phi) is 6.03. The van der Waals surface area contributed by atoms with Gasteiger partial charge in [0.05, 0.1) is 24.3 Å². The van der Waals surface area contributed by atoms with Crippen molar-refractivity contribution < 1.29 is 24.5 Å². The van der Waals surface area contributed by atoms with Gasteiger partial charge in [-0.3, -0.25) is 9.59 Å². The number of hydrogen-bond donors (Lipinski definition) is 2. The van der Waals surface area contributed by atoms with E-state index in [-0.39, 0.29) is 17.9 Å². The van der Waals surface area contributed by atoms with Crippen LogP contribution in [0.4, 0.5) is 0 Å². The molecule has 1 amide bonds. The predicted molar refractivity (Wildman–Crippen MR) is 109 cm³/mol. The van der Waals surface area contributed by atoms with Gasteiger partial charge in [0.1, 0.15) is 11.5 Å². The first kappa shape index (κ1) is 20.6. The van der Waals surface area contributed by atoms with Gasteiger partial charge >= 0.3 is 0 Å². The molecule has 3 rings (SSSR count). The number of aliphatic hydroxyl groups excluding tert-OH is 2. The van der Waals surface area contributed by atoms with Gasteiger partial charge in [0.15, 0.2) is 0 Å². The molecule has 1 aliphatic heterocycles. The first-order valence-corrected chi connectivity index (χ1v) is 9.59. The Balaban J connectivity index is 2.13. The van der Waals surface area contributed by atoms with Crippen LogP contribution in [0.1, 0.15) is 36.6 Å². The lowest BCUT2D eigenvalue weighted by Crippen LogP contribution is -2.35. The third-order valence-corrected chi connectivity index (χ3v) is 4.83. The Morgan fingerprint density at radius 3 is 2.28 bits per heavy atom. The largest absolute Gasteiger partial charge is 0.507 e. The Labute approximate surface area is 170 Å². The Bertz CT molecular complexity index is 929. The van der Waals surface area contributed by atoms with Crippen molar-refractivity contribution in [2.24, 2.45) is 0 Å². The molecule has 152 valence electrons. The highest BCUT2D eigenvalue weighted by molar-refractivity contribution is 6.46. The van der Waals surface area contributed by atoms with Crippen LogP contribution < -0.4 is 4.74 Å². The number of amides is 1. The number of ketones is 1. The number of hydrogen-bond acceptors (Lipinski definition) is 5. The molecule has 6 heteroatoms. The maximum Gasteiger partial charge on any atom is 0.295 e. The number of Topliss-reactive ketones (excluding diaryl/α,β-unsaturated/α-hetero) is 1. The monoisotopic (exact) mass is 395 g/mol.